The summed E-state index contributed by atoms with van der Waals surface area (Å²) in [5, 5.41) is 4.29. The molecule has 2 N–H and O–H groups in total. The number of rotatable bonds is 3. The van der Waals surface area contributed by atoms with E-state index in [9.17, 15) is 14.4 Å². The number of imide groups is 1. The monoisotopic (exact) mass is 484 g/mol. The Bertz CT molecular complexity index is 1340. The van der Waals surface area contributed by atoms with Crippen LogP contribution in [0.5, 0.6) is 0 Å². The molecule has 186 valence electrons. The molecule has 2 aliphatic heterocycles. The summed E-state index contributed by atoms with van der Waals surface area (Å²) < 4.78 is 0. The fourth-order valence-corrected chi connectivity index (χ4v) is 6.31. The van der Waals surface area contributed by atoms with Gasteiger partial charge in [-0.2, -0.15) is 0 Å². The van der Waals surface area contributed by atoms with E-state index in [4.69, 9.17) is 0 Å². The quantitative estimate of drug-likeness (QED) is 0.484. The van der Waals surface area contributed by atoms with Crippen molar-refractivity contribution in [3.05, 3.63) is 65.4 Å². The molecule has 36 heavy (non-hydrogen) atoms. The second kappa shape index (κ2) is 9.12. The summed E-state index contributed by atoms with van der Waals surface area (Å²) in [5.74, 6) is -0.486. The minimum Gasteiger partial charge on any atom is -0.356 e. The lowest BCUT2D eigenvalue weighted by molar-refractivity contribution is -0.120. The van der Waals surface area contributed by atoms with Crippen LogP contribution < -0.4 is 10.2 Å². The van der Waals surface area contributed by atoms with Crippen molar-refractivity contribution in [1.82, 2.24) is 15.2 Å². The van der Waals surface area contributed by atoms with Crippen molar-refractivity contribution >= 4 is 34.4 Å². The molecule has 0 radical (unpaired) electrons. The van der Waals surface area contributed by atoms with E-state index >= 15 is 0 Å². The number of H-pyrrole nitrogens is 1. The Morgan fingerprint density at radius 2 is 1.64 bits per heavy atom. The van der Waals surface area contributed by atoms with Crippen LogP contribution in [0.25, 0.3) is 10.9 Å². The molecule has 3 aromatic rings. The third-order valence-corrected chi connectivity index (χ3v) is 8.16. The average molecular weight is 485 g/mol. The van der Waals surface area contributed by atoms with E-state index in [1.54, 1.807) is 29.2 Å². The van der Waals surface area contributed by atoms with Crippen molar-refractivity contribution in [2.45, 2.75) is 76.4 Å². The number of carbonyl (C=O) groups is 3. The van der Waals surface area contributed by atoms with Gasteiger partial charge in [0, 0.05) is 29.1 Å². The molecule has 1 aliphatic carbocycles. The SMILES string of the molecule is C[C@@H]1c2[nH]c3ccccc3c2C[C@H]2C(=O)N(c3ccccc3C(=O)NC3CCCCCCC3)C(=O)N12. The van der Waals surface area contributed by atoms with Crippen molar-refractivity contribution in [2.24, 2.45) is 0 Å². The van der Waals surface area contributed by atoms with E-state index < -0.39 is 6.04 Å². The van der Waals surface area contributed by atoms with E-state index in [-0.39, 0.29) is 29.9 Å². The largest absolute Gasteiger partial charge is 0.356 e. The Balaban J connectivity index is 1.30. The molecule has 2 atom stereocenters. The van der Waals surface area contributed by atoms with Crippen molar-refractivity contribution in [1.29, 1.82) is 0 Å². The van der Waals surface area contributed by atoms with E-state index in [1.807, 2.05) is 25.1 Å². The molecule has 1 aromatic heterocycles. The number of anilines is 1. The van der Waals surface area contributed by atoms with Gasteiger partial charge in [0.05, 0.1) is 17.3 Å². The average Bonchev–Trinajstić information content (AvgIpc) is 3.36. The minimum atomic E-state index is -0.582. The van der Waals surface area contributed by atoms with Crippen LogP contribution in [0.2, 0.25) is 0 Å². The van der Waals surface area contributed by atoms with Crippen LogP contribution in [0.1, 0.15) is 79.5 Å². The number of aromatic nitrogens is 1. The maximum atomic E-state index is 13.7. The van der Waals surface area contributed by atoms with Crippen molar-refractivity contribution in [2.75, 3.05) is 4.90 Å². The molecule has 0 unspecified atom stereocenters. The highest BCUT2D eigenvalue weighted by molar-refractivity contribution is 6.24. The van der Waals surface area contributed by atoms with E-state index in [2.05, 4.69) is 16.4 Å². The van der Waals surface area contributed by atoms with E-state index in [0.29, 0.717) is 17.7 Å². The summed E-state index contributed by atoms with van der Waals surface area (Å²) in [4.78, 5) is 47.2. The van der Waals surface area contributed by atoms with Crippen molar-refractivity contribution in [3.8, 4) is 0 Å². The number of fused-ring (bicyclic) bond motifs is 4. The summed E-state index contributed by atoms with van der Waals surface area (Å²) in [7, 11) is 0. The highest BCUT2D eigenvalue weighted by Gasteiger charge is 2.52. The first-order valence-corrected chi connectivity index (χ1v) is 13.2. The lowest BCUT2D eigenvalue weighted by Gasteiger charge is -2.33. The third-order valence-electron chi connectivity index (χ3n) is 8.16. The molecule has 1 saturated carbocycles. The summed E-state index contributed by atoms with van der Waals surface area (Å²) in [6.45, 7) is 1.96. The van der Waals surface area contributed by atoms with Gasteiger partial charge in [0.1, 0.15) is 6.04 Å². The fraction of sp³-hybridized carbons (Fsp3) is 0.414. The number of urea groups is 1. The summed E-state index contributed by atoms with van der Waals surface area (Å²) in [6.07, 6.45) is 8.28. The lowest BCUT2D eigenvalue weighted by Crippen LogP contribution is -2.42. The molecule has 0 spiro atoms. The second-order valence-corrected chi connectivity index (χ2v) is 10.4. The van der Waals surface area contributed by atoms with Gasteiger partial charge in [-0.05, 0) is 43.5 Å². The number of benzene rings is 2. The number of nitrogens with zero attached hydrogens (tertiary/aromatic N) is 2. The van der Waals surface area contributed by atoms with Gasteiger partial charge in [0.15, 0.2) is 0 Å². The molecule has 7 heteroatoms. The Labute approximate surface area is 210 Å². The van der Waals surface area contributed by atoms with Crippen LogP contribution in [0, 0.1) is 0 Å². The topological polar surface area (TPSA) is 85.5 Å². The number of aromatic amines is 1. The molecule has 4 amide bonds. The van der Waals surface area contributed by atoms with Crippen LogP contribution in [0.4, 0.5) is 10.5 Å². The van der Waals surface area contributed by atoms with Gasteiger partial charge in [0.25, 0.3) is 11.8 Å². The molecular weight excluding hydrogens is 452 g/mol. The molecular formula is C29H32N4O3. The van der Waals surface area contributed by atoms with Gasteiger partial charge in [-0.15, -0.1) is 0 Å². The minimum absolute atomic E-state index is 0.125. The summed E-state index contributed by atoms with van der Waals surface area (Å²) >= 11 is 0. The molecule has 3 heterocycles. The zero-order chi connectivity index (χ0) is 24.8. The smallest absolute Gasteiger partial charge is 0.332 e. The summed E-state index contributed by atoms with van der Waals surface area (Å²) in [5.41, 5.74) is 3.83. The van der Waals surface area contributed by atoms with Crippen LogP contribution in [0.15, 0.2) is 48.5 Å². The molecule has 2 aromatic carbocycles. The molecule has 7 nitrogen and oxygen atoms in total. The van der Waals surface area contributed by atoms with Crippen molar-refractivity contribution in [3.63, 3.8) is 0 Å². The Hall–Kier alpha value is -3.61. The van der Waals surface area contributed by atoms with Gasteiger partial charge < -0.3 is 15.2 Å². The normalized spacial score (nSPS) is 22.8. The Morgan fingerprint density at radius 3 is 2.44 bits per heavy atom. The van der Waals surface area contributed by atoms with Crippen LogP contribution >= 0.6 is 0 Å². The number of amides is 4. The molecule has 6 rings (SSSR count). The van der Waals surface area contributed by atoms with Crippen LogP contribution in [-0.2, 0) is 11.2 Å². The van der Waals surface area contributed by atoms with Gasteiger partial charge in [-0.1, -0.05) is 62.4 Å². The predicted octanol–water partition coefficient (Wildman–Crippen LogP) is 5.47. The zero-order valence-corrected chi connectivity index (χ0v) is 20.6. The number of carbonyl (C=O) groups excluding carboxylic acids is 3. The third kappa shape index (κ3) is 3.69. The van der Waals surface area contributed by atoms with Gasteiger partial charge in [-0.3, -0.25) is 9.59 Å². The number of nitrogens with one attached hydrogen (secondary N) is 2. The first kappa shape index (κ1) is 22.8. The first-order valence-electron chi connectivity index (χ1n) is 13.2. The highest BCUT2D eigenvalue weighted by atomic mass is 16.2. The Morgan fingerprint density at radius 1 is 0.944 bits per heavy atom. The molecule has 3 aliphatic rings. The molecule has 0 bridgehead atoms. The lowest BCUT2D eigenvalue weighted by atomic mass is 9.93. The van der Waals surface area contributed by atoms with Crippen LogP contribution in [-0.4, -0.2) is 39.8 Å². The maximum absolute atomic E-state index is 13.7. The Kier molecular flexibility index (Phi) is 5.78. The first-order chi connectivity index (χ1) is 17.5. The number of para-hydroxylation sites is 2. The van der Waals surface area contributed by atoms with E-state index in [0.717, 1.165) is 47.8 Å². The van der Waals surface area contributed by atoms with Gasteiger partial charge in [-0.25, -0.2) is 9.69 Å². The number of hydrogen-bond donors (Lipinski definition) is 2. The predicted molar refractivity (Wildman–Crippen MR) is 139 cm³/mol. The van der Waals surface area contributed by atoms with Crippen molar-refractivity contribution < 1.29 is 14.4 Å². The summed E-state index contributed by atoms with van der Waals surface area (Å²) in [6, 6.07) is 13.9. The standard InChI is InChI=1S/C29H32N4O3/c1-18-26-22(20-13-7-9-15-23(20)31-26)17-25-28(35)33(29(36)32(18)25)24-16-10-8-14-21(24)27(34)30-19-11-5-3-2-4-6-12-19/h7-10,13-16,18-19,25,31H,2-6,11-12,17H2,1H3,(H,30,34)/t18-,25+/m1/s1. The number of hydrogen-bond acceptors (Lipinski definition) is 3. The molecule has 1 saturated heterocycles. The second-order valence-electron chi connectivity index (χ2n) is 10.4. The fourth-order valence-electron chi connectivity index (χ4n) is 6.31. The van der Waals surface area contributed by atoms with Gasteiger partial charge in [0.2, 0.25) is 0 Å². The molecule has 2 fully saturated rings. The zero-order valence-electron chi connectivity index (χ0n) is 20.6. The van der Waals surface area contributed by atoms with Crippen LogP contribution in [0.3, 0.4) is 0 Å². The highest BCUT2D eigenvalue weighted by Crippen LogP contribution is 2.42. The maximum Gasteiger partial charge on any atom is 0.332 e. The van der Waals surface area contributed by atoms with E-state index in [1.165, 1.54) is 24.2 Å². The van der Waals surface area contributed by atoms with Gasteiger partial charge >= 0.3 is 6.03 Å².